The third-order valence-electron chi connectivity index (χ3n) is 4.69. The van der Waals surface area contributed by atoms with E-state index in [4.69, 9.17) is 4.74 Å². The van der Waals surface area contributed by atoms with Crippen molar-refractivity contribution >= 4 is 30.0 Å². The molecule has 1 aromatic rings. The van der Waals surface area contributed by atoms with Crippen LogP contribution in [0.4, 0.5) is 10.5 Å². The van der Waals surface area contributed by atoms with Crippen LogP contribution in [-0.2, 0) is 0 Å². The van der Waals surface area contributed by atoms with Gasteiger partial charge in [-0.15, -0.1) is 12.4 Å². The quantitative estimate of drug-likeness (QED) is 0.844. The van der Waals surface area contributed by atoms with Gasteiger partial charge in [-0.2, -0.15) is 0 Å². The third kappa shape index (κ3) is 3.99. The van der Waals surface area contributed by atoms with Crippen molar-refractivity contribution in [1.29, 1.82) is 0 Å². The van der Waals surface area contributed by atoms with E-state index in [1.54, 1.807) is 30.2 Å². The molecule has 2 heterocycles. The molecule has 3 rings (SSSR count). The number of carbonyl (C=O) groups is 2. The van der Waals surface area contributed by atoms with Crippen molar-refractivity contribution in [3.63, 3.8) is 0 Å². The second kappa shape index (κ2) is 8.40. The molecule has 25 heavy (non-hydrogen) atoms. The monoisotopic (exact) mass is 368 g/mol. The summed E-state index contributed by atoms with van der Waals surface area (Å²) in [6.45, 7) is 2.64. The molecule has 3 amide bonds. The highest BCUT2D eigenvalue weighted by molar-refractivity contribution is 6.00. The van der Waals surface area contributed by atoms with Gasteiger partial charge in [0.1, 0.15) is 5.75 Å². The highest BCUT2D eigenvalue weighted by atomic mass is 35.5. The predicted molar refractivity (Wildman–Crippen MR) is 99.0 cm³/mol. The number of urea groups is 1. The predicted octanol–water partition coefficient (Wildman–Crippen LogP) is 1.47. The van der Waals surface area contributed by atoms with Crippen molar-refractivity contribution in [2.45, 2.75) is 18.9 Å². The van der Waals surface area contributed by atoms with Gasteiger partial charge in [0, 0.05) is 37.8 Å². The van der Waals surface area contributed by atoms with Crippen molar-refractivity contribution in [3.8, 4) is 5.75 Å². The molecule has 1 unspecified atom stereocenters. The number of hydrogen-bond acceptors (Lipinski definition) is 4. The van der Waals surface area contributed by atoms with Crippen LogP contribution >= 0.6 is 12.4 Å². The number of anilines is 1. The maximum Gasteiger partial charge on any atom is 0.322 e. The van der Waals surface area contributed by atoms with Crippen molar-refractivity contribution in [2.75, 3.05) is 45.2 Å². The molecule has 2 N–H and O–H groups in total. The van der Waals surface area contributed by atoms with Gasteiger partial charge in [-0.3, -0.25) is 9.69 Å². The average Bonchev–Trinajstić information content (AvgIpc) is 3.06. The minimum atomic E-state index is -0.161. The van der Waals surface area contributed by atoms with Gasteiger partial charge < -0.3 is 20.3 Å². The van der Waals surface area contributed by atoms with E-state index < -0.39 is 0 Å². The van der Waals surface area contributed by atoms with Crippen LogP contribution in [0.3, 0.4) is 0 Å². The molecule has 8 heteroatoms. The van der Waals surface area contributed by atoms with Gasteiger partial charge in [0.2, 0.25) is 0 Å². The summed E-state index contributed by atoms with van der Waals surface area (Å²) < 4.78 is 5.36. The van der Waals surface area contributed by atoms with Gasteiger partial charge in [0.15, 0.2) is 0 Å². The zero-order valence-corrected chi connectivity index (χ0v) is 15.4. The molecule has 2 saturated heterocycles. The second-order valence-corrected chi connectivity index (χ2v) is 6.15. The van der Waals surface area contributed by atoms with E-state index in [0.29, 0.717) is 42.7 Å². The molecule has 1 atom stereocenters. The maximum atomic E-state index is 12.8. The van der Waals surface area contributed by atoms with E-state index in [9.17, 15) is 9.59 Å². The van der Waals surface area contributed by atoms with E-state index in [1.807, 2.05) is 11.9 Å². The van der Waals surface area contributed by atoms with Crippen molar-refractivity contribution in [3.05, 3.63) is 23.8 Å². The first-order chi connectivity index (χ1) is 11.6. The highest BCUT2D eigenvalue weighted by Gasteiger charge is 2.27. The number of halogens is 1. The zero-order chi connectivity index (χ0) is 17.1. The summed E-state index contributed by atoms with van der Waals surface area (Å²) in [6.07, 6.45) is 2.08. The topological polar surface area (TPSA) is 73.9 Å². The Morgan fingerprint density at radius 1 is 1.36 bits per heavy atom. The lowest BCUT2D eigenvalue weighted by atomic mass is 10.0. The summed E-state index contributed by atoms with van der Waals surface area (Å²) in [5.41, 5.74) is 1.22. The third-order valence-corrected chi connectivity index (χ3v) is 4.69. The van der Waals surface area contributed by atoms with Gasteiger partial charge in [0.05, 0.1) is 12.8 Å². The van der Waals surface area contributed by atoms with Gasteiger partial charge in [-0.1, -0.05) is 0 Å². The Balaban J connectivity index is 0.00000225. The van der Waals surface area contributed by atoms with Crippen LogP contribution in [0, 0.1) is 0 Å². The number of carbonyl (C=O) groups excluding carboxylic acids is 2. The fourth-order valence-electron chi connectivity index (χ4n) is 3.32. The Labute approximate surface area is 154 Å². The molecular formula is C17H25ClN4O3. The summed E-state index contributed by atoms with van der Waals surface area (Å²) in [4.78, 5) is 28.3. The fourth-order valence-corrected chi connectivity index (χ4v) is 3.32. The number of rotatable bonds is 4. The van der Waals surface area contributed by atoms with Crippen molar-refractivity contribution in [2.24, 2.45) is 0 Å². The largest absolute Gasteiger partial charge is 0.495 e. The Kier molecular flexibility index (Phi) is 6.50. The lowest BCUT2D eigenvalue weighted by Gasteiger charge is -2.32. The number of methoxy groups -OCH3 is 1. The van der Waals surface area contributed by atoms with Crippen LogP contribution in [0.2, 0.25) is 0 Å². The Morgan fingerprint density at radius 2 is 2.16 bits per heavy atom. The molecule has 2 aliphatic rings. The number of nitrogens with one attached hydrogen (secondary N) is 2. The number of ether oxygens (including phenoxy) is 1. The second-order valence-electron chi connectivity index (χ2n) is 6.15. The molecule has 0 radical (unpaired) electrons. The maximum absolute atomic E-state index is 12.8. The number of likely N-dealkylation sites (tertiary alicyclic amines) is 1. The minimum absolute atomic E-state index is 0. The number of piperidine rings is 1. The molecule has 1 aromatic carbocycles. The average molecular weight is 369 g/mol. The molecule has 2 fully saturated rings. The summed E-state index contributed by atoms with van der Waals surface area (Å²) in [7, 11) is 3.49. The Morgan fingerprint density at radius 3 is 2.80 bits per heavy atom. The van der Waals surface area contributed by atoms with E-state index in [1.165, 1.54) is 0 Å². The summed E-state index contributed by atoms with van der Waals surface area (Å²) in [6, 6.07) is 5.46. The molecule has 0 spiro atoms. The van der Waals surface area contributed by atoms with Crippen LogP contribution in [0.25, 0.3) is 0 Å². The normalized spacial score (nSPS) is 20.1. The number of likely N-dealkylation sites (N-methyl/N-ethyl adjacent to an activating group) is 1. The van der Waals surface area contributed by atoms with Gasteiger partial charge in [-0.05, 0) is 38.1 Å². The number of benzene rings is 1. The Bertz CT molecular complexity index is 640. The standard InChI is InChI=1S/C17H24N4O3.ClH/c1-18-13-4-3-8-20(11-13)16(22)12-5-6-15(24-2)14(10-12)21-9-7-19-17(21)23;/h5-6,10,13,18H,3-4,7-9,11H2,1-2H3,(H,19,23);1H. The van der Waals surface area contributed by atoms with Crippen LogP contribution < -0.4 is 20.3 Å². The van der Waals surface area contributed by atoms with Crippen LogP contribution in [0.5, 0.6) is 5.75 Å². The summed E-state index contributed by atoms with van der Waals surface area (Å²) >= 11 is 0. The van der Waals surface area contributed by atoms with Crippen molar-refractivity contribution in [1.82, 2.24) is 15.5 Å². The number of hydrogen-bond donors (Lipinski definition) is 2. The van der Waals surface area contributed by atoms with Gasteiger partial charge >= 0.3 is 6.03 Å². The molecule has 7 nitrogen and oxygen atoms in total. The molecule has 0 saturated carbocycles. The summed E-state index contributed by atoms with van der Waals surface area (Å²) in [5.74, 6) is 0.591. The first-order valence-corrected chi connectivity index (χ1v) is 8.34. The molecule has 0 aliphatic carbocycles. The summed E-state index contributed by atoms with van der Waals surface area (Å²) in [5, 5.41) is 6.02. The number of nitrogens with zero attached hydrogens (tertiary/aromatic N) is 2. The van der Waals surface area contributed by atoms with Gasteiger partial charge in [0.25, 0.3) is 5.91 Å². The Hall–Kier alpha value is -1.99. The molecule has 0 aromatic heterocycles. The first-order valence-electron chi connectivity index (χ1n) is 8.34. The van der Waals surface area contributed by atoms with E-state index in [-0.39, 0.29) is 24.3 Å². The number of amides is 3. The highest BCUT2D eigenvalue weighted by Crippen LogP contribution is 2.31. The van der Waals surface area contributed by atoms with E-state index in [0.717, 1.165) is 19.4 Å². The smallest absolute Gasteiger partial charge is 0.322 e. The van der Waals surface area contributed by atoms with Crippen LogP contribution in [0.15, 0.2) is 18.2 Å². The molecular weight excluding hydrogens is 344 g/mol. The molecule has 2 aliphatic heterocycles. The minimum Gasteiger partial charge on any atom is -0.495 e. The fraction of sp³-hybridized carbons (Fsp3) is 0.529. The van der Waals surface area contributed by atoms with Gasteiger partial charge in [-0.25, -0.2) is 4.79 Å². The van der Waals surface area contributed by atoms with Crippen molar-refractivity contribution < 1.29 is 14.3 Å². The van der Waals surface area contributed by atoms with Crippen LogP contribution in [-0.4, -0.2) is 63.2 Å². The van der Waals surface area contributed by atoms with E-state index >= 15 is 0 Å². The molecule has 138 valence electrons. The van der Waals surface area contributed by atoms with Crippen LogP contribution in [0.1, 0.15) is 23.2 Å². The lowest BCUT2D eigenvalue weighted by Crippen LogP contribution is -2.47. The van der Waals surface area contributed by atoms with E-state index in [2.05, 4.69) is 10.6 Å². The zero-order valence-electron chi connectivity index (χ0n) is 14.6. The molecule has 0 bridgehead atoms. The SMILES string of the molecule is CNC1CCCN(C(=O)c2ccc(OC)c(N3CCNC3=O)c2)C1.Cl. The first kappa shape index (κ1) is 19.3. The lowest BCUT2D eigenvalue weighted by molar-refractivity contribution is 0.0698.